The van der Waals surface area contributed by atoms with Crippen LogP contribution in [0.25, 0.3) is 0 Å². The van der Waals surface area contributed by atoms with E-state index >= 15 is 0 Å². The molecule has 1 nitrogen and oxygen atoms in total. The highest BCUT2D eigenvalue weighted by molar-refractivity contribution is 8.77. The quantitative estimate of drug-likeness (QED) is 0.743. The molecule has 0 amide bonds. The third kappa shape index (κ3) is 2.77. The maximum atomic E-state index is 4.21. The fourth-order valence-corrected chi connectivity index (χ4v) is 3.76. The minimum Gasteiger partial charge on any atom is -0.237 e. The molecule has 4 heteroatoms. The highest BCUT2D eigenvalue weighted by Crippen LogP contribution is 2.37. The van der Waals surface area contributed by atoms with Gasteiger partial charge in [-0.05, 0) is 29.9 Å². The Labute approximate surface area is 95.4 Å². The number of rotatable bonds is 3. The van der Waals surface area contributed by atoms with E-state index in [0.717, 1.165) is 4.34 Å². The summed E-state index contributed by atoms with van der Waals surface area (Å²) in [6.07, 6.45) is 1.84. The molecule has 0 N–H and O–H groups in total. The van der Waals surface area contributed by atoms with E-state index in [-0.39, 0.29) is 0 Å². The molecule has 0 saturated heterocycles. The van der Waals surface area contributed by atoms with Crippen molar-refractivity contribution in [3.63, 3.8) is 0 Å². The van der Waals surface area contributed by atoms with E-state index in [9.17, 15) is 0 Å². The van der Waals surface area contributed by atoms with Gasteiger partial charge >= 0.3 is 0 Å². The zero-order valence-electron chi connectivity index (χ0n) is 7.64. The Morgan fingerprint density at radius 1 is 1.14 bits per heavy atom. The first-order valence-corrected chi connectivity index (χ1v) is 7.18. The van der Waals surface area contributed by atoms with E-state index in [1.807, 2.05) is 11.6 Å². The molecule has 0 aliphatic carbocycles. The van der Waals surface area contributed by atoms with Gasteiger partial charge in [-0.1, -0.05) is 28.5 Å². The highest BCUT2D eigenvalue weighted by atomic mass is 33.1. The van der Waals surface area contributed by atoms with E-state index in [2.05, 4.69) is 36.2 Å². The fourth-order valence-electron chi connectivity index (χ4n) is 0.929. The predicted molar refractivity (Wildman–Crippen MR) is 65.0 cm³/mol. The van der Waals surface area contributed by atoms with Crippen LogP contribution in [0.2, 0.25) is 0 Å². The number of nitrogens with zero attached hydrogens (tertiary/aromatic N) is 1. The van der Waals surface area contributed by atoms with Crippen LogP contribution in [-0.4, -0.2) is 4.98 Å². The second-order valence-electron chi connectivity index (χ2n) is 2.78. The number of aromatic nitrogens is 1. The van der Waals surface area contributed by atoms with Gasteiger partial charge in [0, 0.05) is 16.5 Å². The summed E-state index contributed by atoms with van der Waals surface area (Å²) in [4.78, 5) is 5.48. The van der Waals surface area contributed by atoms with Crippen LogP contribution in [0.1, 0.15) is 5.56 Å². The van der Waals surface area contributed by atoms with Crippen molar-refractivity contribution in [3.05, 3.63) is 41.4 Å². The highest BCUT2D eigenvalue weighted by Gasteiger charge is 1.98. The van der Waals surface area contributed by atoms with E-state index in [1.54, 1.807) is 32.9 Å². The standard InChI is InChI=1S/C10H9NS3/c1-8-2-4-9(5-3-8)13-14-10-11-6-7-12-10/h2-7H,1H3. The van der Waals surface area contributed by atoms with Crippen LogP contribution in [0.3, 0.4) is 0 Å². The molecule has 0 unspecified atom stereocenters. The molecule has 1 aromatic carbocycles. The summed E-state index contributed by atoms with van der Waals surface area (Å²) in [6, 6.07) is 8.54. The van der Waals surface area contributed by atoms with Gasteiger partial charge in [0.2, 0.25) is 0 Å². The van der Waals surface area contributed by atoms with Crippen molar-refractivity contribution in [1.82, 2.24) is 4.98 Å². The molecule has 2 rings (SSSR count). The molecule has 0 radical (unpaired) electrons. The van der Waals surface area contributed by atoms with Crippen LogP contribution in [0.15, 0.2) is 45.1 Å². The Balaban J connectivity index is 1.95. The zero-order valence-corrected chi connectivity index (χ0v) is 10.1. The number of benzene rings is 1. The van der Waals surface area contributed by atoms with Crippen LogP contribution >= 0.6 is 32.9 Å². The molecule has 0 fully saturated rings. The zero-order chi connectivity index (χ0) is 9.80. The molecular weight excluding hydrogens is 230 g/mol. The molecule has 1 aromatic heterocycles. The third-order valence-corrected chi connectivity index (χ3v) is 5.16. The van der Waals surface area contributed by atoms with Crippen molar-refractivity contribution >= 4 is 32.9 Å². The number of aryl methyl sites for hydroxylation is 1. The molecule has 0 atom stereocenters. The molecule has 72 valence electrons. The molecule has 0 bridgehead atoms. The lowest BCUT2D eigenvalue weighted by atomic mass is 10.2. The maximum Gasteiger partial charge on any atom is 0.160 e. The first kappa shape index (κ1) is 10.1. The molecule has 0 saturated carbocycles. The Bertz CT molecular complexity index is 380. The molecule has 0 aliphatic heterocycles. The van der Waals surface area contributed by atoms with Gasteiger partial charge in [-0.3, -0.25) is 0 Å². The lowest BCUT2D eigenvalue weighted by Crippen LogP contribution is -1.70. The Morgan fingerprint density at radius 3 is 2.57 bits per heavy atom. The molecule has 0 spiro atoms. The monoisotopic (exact) mass is 239 g/mol. The van der Waals surface area contributed by atoms with Gasteiger partial charge in [0.05, 0.1) is 0 Å². The summed E-state index contributed by atoms with van der Waals surface area (Å²) in [6.45, 7) is 2.10. The summed E-state index contributed by atoms with van der Waals surface area (Å²) in [5.41, 5.74) is 1.30. The van der Waals surface area contributed by atoms with Gasteiger partial charge in [-0.15, -0.1) is 11.3 Å². The minimum absolute atomic E-state index is 1.11. The van der Waals surface area contributed by atoms with Gasteiger partial charge in [0.25, 0.3) is 0 Å². The van der Waals surface area contributed by atoms with Crippen molar-refractivity contribution in [3.8, 4) is 0 Å². The summed E-state index contributed by atoms with van der Waals surface area (Å²) < 4.78 is 1.11. The van der Waals surface area contributed by atoms with Crippen molar-refractivity contribution < 1.29 is 0 Å². The van der Waals surface area contributed by atoms with Crippen LogP contribution in [0, 0.1) is 6.92 Å². The lowest BCUT2D eigenvalue weighted by Gasteiger charge is -1.98. The minimum atomic E-state index is 1.11. The summed E-state index contributed by atoms with van der Waals surface area (Å²) in [7, 11) is 3.46. The van der Waals surface area contributed by atoms with E-state index in [4.69, 9.17) is 0 Å². The number of hydrogen-bond acceptors (Lipinski definition) is 4. The van der Waals surface area contributed by atoms with Crippen molar-refractivity contribution in [1.29, 1.82) is 0 Å². The van der Waals surface area contributed by atoms with Gasteiger partial charge in [-0.25, -0.2) is 4.98 Å². The average Bonchev–Trinajstić information content (AvgIpc) is 2.70. The first-order chi connectivity index (χ1) is 6.84. The Kier molecular flexibility index (Phi) is 3.50. The Morgan fingerprint density at radius 2 is 1.93 bits per heavy atom. The molecule has 2 aromatic rings. The smallest absolute Gasteiger partial charge is 0.160 e. The van der Waals surface area contributed by atoms with Gasteiger partial charge in [0.15, 0.2) is 4.34 Å². The van der Waals surface area contributed by atoms with Gasteiger partial charge in [0.1, 0.15) is 0 Å². The van der Waals surface area contributed by atoms with Crippen LogP contribution in [0.5, 0.6) is 0 Å². The van der Waals surface area contributed by atoms with Crippen LogP contribution in [-0.2, 0) is 0 Å². The predicted octanol–water partition coefficient (Wildman–Crippen LogP) is 4.25. The van der Waals surface area contributed by atoms with E-state index in [0.29, 0.717) is 0 Å². The second-order valence-corrected chi connectivity index (χ2v) is 6.12. The summed E-state index contributed by atoms with van der Waals surface area (Å²) in [5.74, 6) is 0. The SMILES string of the molecule is Cc1ccc(SSc2nccs2)cc1. The third-order valence-electron chi connectivity index (χ3n) is 1.64. The topological polar surface area (TPSA) is 12.9 Å². The van der Waals surface area contributed by atoms with Gasteiger partial charge < -0.3 is 0 Å². The molecule has 0 aliphatic rings. The average molecular weight is 239 g/mol. The Hall–Kier alpha value is -0.450. The van der Waals surface area contributed by atoms with Gasteiger partial charge in [-0.2, -0.15) is 0 Å². The maximum absolute atomic E-state index is 4.21. The normalized spacial score (nSPS) is 10.4. The molecular formula is C10H9NS3. The number of hydrogen-bond donors (Lipinski definition) is 0. The molecule has 1 heterocycles. The largest absolute Gasteiger partial charge is 0.237 e. The summed E-state index contributed by atoms with van der Waals surface area (Å²) in [5, 5.41) is 2.00. The van der Waals surface area contributed by atoms with E-state index < -0.39 is 0 Å². The summed E-state index contributed by atoms with van der Waals surface area (Å²) >= 11 is 1.68. The molecule has 14 heavy (non-hydrogen) atoms. The lowest BCUT2D eigenvalue weighted by molar-refractivity contribution is 1.26. The van der Waals surface area contributed by atoms with Crippen molar-refractivity contribution in [2.24, 2.45) is 0 Å². The van der Waals surface area contributed by atoms with Crippen molar-refractivity contribution in [2.75, 3.05) is 0 Å². The van der Waals surface area contributed by atoms with E-state index in [1.165, 1.54) is 10.5 Å². The number of thiazole rings is 1. The van der Waals surface area contributed by atoms with Crippen LogP contribution in [0.4, 0.5) is 0 Å². The fraction of sp³-hybridized carbons (Fsp3) is 0.100. The second kappa shape index (κ2) is 4.87. The van der Waals surface area contributed by atoms with Crippen molar-refractivity contribution in [2.45, 2.75) is 16.2 Å². The van der Waals surface area contributed by atoms with Crippen LogP contribution < -0.4 is 0 Å². The first-order valence-electron chi connectivity index (χ1n) is 4.15.